The van der Waals surface area contributed by atoms with E-state index in [-0.39, 0.29) is 65.9 Å². The number of carbonyl (C=O) groups excluding carboxylic acids is 4. The number of benzene rings is 1. The van der Waals surface area contributed by atoms with Gasteiger partial charge in [0.15, 0.2) is 0 Å². The van der Waals surface area contributed by atoms with E-state index in [1.165, 1.54) is 11.3 Å². The van der Waals surface area contributed by atoms with Gasteiger partial charge in [-0.15, -0.1) is 11.3 Å². The Hall–Kier alpha value is -3.39. The molecule has 3 rings (SSSR count). The molecule has 13 heteroatoms. The molecule has 308 valence electrons. The molecule has 1 fully saturated rings. The van der Waals surface area contributed by atoms with Gasteiger partial charge >= 0.3 is 0 Å². The van der Waals surface area contributed by atoms with Gasteiger partial charge in [0, 0.05) is 39.4 Å². The number of nitrogens with one attached hydrogen (secondary N) is 2. The summed E-state index contributed by atoms with van der Waals surface area (Å²) in [5.74, 6) is -1.35. The summed E-state index contributed by atoms with van der Waals surface area (Å²) in [5.41, 5.74) is 1.09. The van der Waals surface area contributed by atoms with Crippen LogP contribution in [0.3, 0.4) is 0 Å². The fourth-order valence-electron chi connectivity index (χ4n) is 8.17. The minimum absolute atomic E-state index is 0.00751. The Labute approximate surface area is 334 Å². The molecule has 0 aliphatic carbocycles. The monoisotopic (exact) mass is 784 g/mol. The highest BCUT2D eigenvalue weighted by molar-refractivity contribution is 7.09. The zero-order chi connectivity index (χ0) is 41.0. The minimum Gasteiger partial charge on any atom is -0.379 e. The van der Waals surface area contributed by atoms with Crippen molar-refractivity contribution in [3.05, 3.63) is 52.5 Å². The van der Waals surface area contributed by atoms with E-state index in [9.17, 15) is 19.2 Å². The number of aromatic nitrogens is 1. The van der Waals surface area contributed by atoms with Crippen LogP contribution in [0.5, 0.6) is 0 Å². The van der Waals surface area contributed by atoms with Crippen LogP contribution < -0.4 is 10.6 Å². The van der Waals surface area contributed by atoms with Crippen molar-refractivity contribution in [2.24, 2.45) is 23.7 Å². The Morgan fingerprint density at radius 3 is 2.15 bits per heavy atom. The molecule has 0 unspecified atom stereocenters. The predicted octanol–water partition coefficient (Wildman–Crippen LogP) is 5.19. The average Bonchev–Trinajstić information content (AvgIpc) is 3.87. The van der Waals surface area contributed by atoms with Crippen molar-refractivity contribution in [1.29, 1.82) is 0 Å². The Bertz CT molecular complexity index is 1480. The van der Waals surface area contributed by atoms with Crippen molar-refractivity contribution in [3.8, 4) is 0 Å². The lowest BCUT2D eigenvalue weighted by Crippen LogP contribution is -2.59. The molecule has 1 aromatic heterocycles. The quantitative estimate of drug-likeness (QED) is 0.177. The molecule has 55 heavy (non-hydrogen) atoms. The lowest BCUT2D eigenvalue weighted by Gasteiger charge is -2.41. The summed E-state index contributed by atoms with van der Waals surface area (Å²) in [7, 11) is 8.66. The number of nitrogens with zero attached hydrogens (tertiary/aromatic N) is 4. The number of amides is 4. The van der Waals surface area contributed by atoms with Crippen LogP contribution in [0.25, 0.3) is 0 Å². The number of ether oxygens (including phenoxy) is 2. The van der Waals surface area contributed by atoms with E-state index >= 15 is 0 Å². The molecule has 0 spiro atoms. The molecule has 1 saturated heterocycles. The second-order valence-electron chi connectivity index (χ2n) is 16.1. The van der Waals surface area contributed by atoms with Crippen molar-refractivity contribution in [1.82, 2.24) is 30.3 Å². The van der Waals surface area contributed by atoms with Crippen LogP contribution in [-0.4, -0.2) is 122 Å². The van der Waals surface area contributed by atoms with Gasteiger partial charge in [0.25, 0.3) is 0 Å². The summed E-state index contributed by atoms with van der Waals surface area (Å²) in [6.45, 7) is 14.3. The molecule has 0 saturated carbocycles. The fourth-order valence-corrected chi connectivity index (χ4v) is 8.86. The van der Waals surface area contributed by atoms with Crippen LogP contribution >= 0.6 is 11.3 Å². The maximum absolute atomic E-state index is 14.3. The molecule has 1 aliphatic heterocycles. The van der Waals surface area contributed by atoms with Gasteiger partial charge in [-0.05, 0) is 56.7 Å². The van der Waals surface area contributed by atoms with Gasteiger partial charge in [0.2, 0.25) is 23.6 Å². The van der Waals surface area contributed by atoms with Gasteiger partial charge in [0.1, 0.15) is 11.0 Å². The van der Waals surface area contributed by atoms with Crippen LogP contribution in [0.15, 0.2) is 41.9 Å². The number of hydrogen-bond acceptors (Lipinski definition) is 9. The van der Waals surface area contributed by atoms with Crippen molar-refractivity contribution >= 4 is 35.0 Å². The highest BCUT2D eigenvalue weighted by Crippen LogP contribution is 2.30. The number of hydrogen-bond donors (Lipinski definition) is 2. The largest absolute Gasteiger partial charge is 0.379 e. The smallest absolute Gasteiger partial charge is 0.245 e. The molecule has 0 radical (unpaired) electrons. The molecule has 12 nitrogen and oxygen atoms in total. The Balaban J connectivity index is 1.79. The SMILES string of the molecule is CC[C@H](C)[C@@H]([C@@H](CC(=O)N1CCC[C@H]1[C@@H](OC)[C@H](C)C(=O)N[C@@H](Cc1ccccc1)c1nccs1)OC)N(C)C(=O)[C@@H](NC(=O)[C@H](C(C)C)N(C)C)C(C)C. The van der Waals surface area contributed by atoms with E-state index in [1.54, 1.807) is 32.4 Å². The number of methoxy groups -OCH3 is 2. The van der Waals surface area contributed by atoms with Crippen molar-refractivity contribution in [2.45, 2.75) is 123 Å². The lowest BCUT2D eigenvalue weighted by molar-refractivity contribution is -0.148. The molecule has 4 amide bonds. The van der Waals surface area contributed by atoms with Crippen LogP contribution in [0.4, 0.5) is 0 Å². The molecule has 2 N–H and O–H groups in total. The topological polar surface area (TPSA) is 133 Å². The van der Waals surface area contributed by atoms with E-state index in [0.29, 0.717) is 19.4 Å². The number of thiazole rings is 1. The van der Waals surface area contributed by atoms with Gasteiger partial charge in [0.05, 0.1) is 48.7 Å². The second-order valence-corrected chi connectivity index (χ2v) is 17.0. The molecule has 9 atom stereocenters. The van der Waals surface area contributed by atoms with Crippen LogP contribution in [0.1, 0.15) is 90.8 Å². The maximum Gasteiger partial charge on any atom is 0.245 e. The first-order chi connectivity index (χ1) is 26.1. The van der Waals surface area contributed by atoms with Gasteiger partial charge in [-0.1, -0.05) is 85.2 Å². The molecular weight excluding hydrogens is 717 g/mol. The molecule has 0 bridgehead atoms. The second kappa shape index (κ2) is 21.8. The van der Waals surface area contributed by atoms with Crippen LogP contribution in [0.2, 0.25) is 0 Å². The molecule has 2 heterocycles. The average molecular weight is 785 g/mol. The van der Waals surface area contributed by atoms with Crippen molar-refractivity contribution in [2.75, 3.05) is 41.9 Å². The molecular formula is C42H68N6O6S. The summed E-state index contributed by atoms with van der Waals surface area (Å²) < 4.78 is 12.1. The lowest BCUT2D eigenvalue weighted by atomic mass is 9.89. The van der Waals surface area contributed by atoms with Gasteiger partial charge in [-0.25, -0.2) is 4.98 Å². The molecule has 1 aromatic carbocycles. The first-order valence-electron chi connectivity index (χ1n) is 19.9. The number of likely N-dealkylation sites (N-methyl/N-ethyl adjacent to an activating group) is 2. The summed E-state index contributed by atoms with van der Waals surface area (Å²) in [5, 5.41) is 9.02. The number of carbonyl (C=O) groups is 4. The zero-order valence-electron chi connectivity index (χ0n) is 35.3. The summed E-state index contributed by atoms with van der Waals surface area (Å²) in [6.07, 6.45) is 3.49. The first-order valence-corrected chi connectivity index (χ1v) is 20.8. The molecule has 1 aliphatic rings. The zero-order valence-corrected chi connectivity index (χ0v) is 36.1. The molecule has 2 aromatic rings. The standard InChI is InChI=1S/C42H68N6O6S/c1-13-28(6)37(47(10)42(52)35(26(2)3)45-40(51)36(27(4)5)46(8)9)33(53-11)25-34(49)48-22-17-20-32(48)38(54-12)29(7)39(50)44-31(41-43-21-23-55-41)24-30-18-15-14-16-19-30/h14-16,18-19,21,23,26-29,31-33,35-38H,13,17,20,22,24-25H2,1-12H3,(H,44,50)(H,45,51)/t28-,29-,31-,32-,33+,35-,36-,37-,38-/m0/s1. The summed E-state index contributed by atoms with van der Waals surface area (Å²) in [4.78, 5) is 65.8. The van der Waals surface area contributed by atoms with Gasteiger partial charge in [-0.2, -0.15) is 0 Å². The summed E-state index contributed by atoms with van der Waals surface area (Å²) >= 11 is 1.51. The fraction of sp³-hybridized carbons (Fsp3) is 0.690. The van der Waals surface area contributed by atoms with Crippen LogP contribution in [0, 0.1) is 23.7 Å². The van der Waals surface area contributed by atoms with Crippen LogP contribution in [-0.2, 0) is 35.1 Å². The third kappa shape index (κ3) is 12.1. The highest BCUT2D eigenvalue weighted by Gasteiger charge is 2.43. The first kappa shape index (κ1) is 46.0. The Kier molecular flexibility index (Phi) is 18.2. The normalized spacial score (nSPS) is 19.0. The van der Waals surface area contributed by atoms with E-state index in [0.717, 1.165) is 23.4 Å². The minimum atomic E-state index is -0.751. The third-order valence-electron chi connectivity index (χ3n) is 11.3. The number of likely N-dealkylation sites (tertiary alicyclic amines) is 1. The Morgan fingerprint density at radius 2 is 1.62 bits per heavy atom. The maximum atomic E-state index is 14.3. The van der Waals surface area contributed by atoms with E-state index < -0.39 is 30.2 Å². The predicted molar refractivity (Wildman–Crippen MR) is 218 cm³/mol. The third-order valence-corrected chi connectivity index (χ3v) is 12.2. The van der Waals surface area contributed by atoms with E-state index in [1.807, 2.05) is 94.2 Å². The van der Waals surface area contributed by atoms with Crippen molar-refractivity contribution in [3.63, 3.8) is 0 Å². The number of rotatable bonds is 21. The van der Waals surface area contributed by atoms with Gasteiger partial charge in [-0.3, -0.25) is 24.1 Å². The summed E-state index contributed by atoms with van der Waals surface area (Å²) in [6, 6.07) is 7.83. The van der Waals surface area contributed by atoms with Crippen molar-refractivity contribution < 1.29 is 28.7 Å². The Morgan fingerprint density at radius 1 is 0.945 bits per heavy atom. The van der Waals surface area contributed by atoms with E-state index in [4.69, 9.17) is 9.47 Å². The van der Waals surface area contributed by atoms with Gasteiger partial charge < -0.3 is 29.9 Å². The highest BCUT2D eigenvalue weighted by atomic mass is 32.1. The van der Waals surface area contributed by atoms with E-state index in [2.05, 4.69) is 29.5 Å².